The Labute approximate surface area is 151 Å². The Hall–Kier alpha value is -3.21. The summed E-state index contributed by atoms with van der Waals surface area (Å²) in [6.07, 6.45) is 4.55. The highest BCUT2D eigenvalue weighted by Crippen LogP contribution is 2.36. The second-order valence-corrected chi connectivity index (χ2v) is 6.81. The summed E-state index contributed by atoms with van der Waals surface area (Å²) in [4.78, 5) is 11.4. The lowest BCUT2D eigenvalue weighted by Gasteiger charge is -2.18. The summed E-state index contributed by atoms with van der Waals surface area (Å²) < 4.78 is 1.91. The Bertz CT molecular complexity index is 1130. The van der Waals surface area contributed by atoms with Crippen LogP contribution in [0.5, 0.6) is 0 Å². The highest BCUT2D eigenvalue weighted by molar-refractivity contribution is 5.91. The Morgan fingerprint density at radius 1 is 0.962 bits per heavy atom. The zero-order chi connectivity index (χ0) is 17.7. The van der Waals surface area contributed by atoms with Crippen molar-refractivity contribution in [2.24, 2.45) is 0 Å². The van der Waals surface area contributed by atoms with Crippen LogP contribution in [-0.4, -0.2) is 26.3 Å². The topological polar surface area (TPSA) is 46.8 Å². The second kappa shape index (κ2) is 5.66. The molecular formula is C21H19N5. The van der Waals surface area contributed by atoms with Gasteiger partial charge in [-0.3, -0.25) is 0 Å². The molecule has 0 atom stereocenters. The molecule has 0 fully saturated rings. The molecule has 2 aromatic heterocycles. The highest BCUT2D eigenvalue weighted by atomic mass is 15.3. The van der Waals surface area contributed by atoms with Gasteiger partial charge in [0.1, 0.15) is 12.1 Å². The molecule has 0 N–H and O–H groups in total. The first-order valence-electron chi connectivity index (χ1n) is 8.84. The molecule has 0 bridgehead atoms. The molecule has 0 saturated carbocycles. The monoisotopic (exact) mass is 341 g/mol. The minimum Gasteiger partial charge on any atom is -0.325 e. The van der Waals surface area contributed by atoms with Crippen LogP contribution >= 0.6 is 0 Å². The maximum absolute atomic E-state index is 4.63. The molecule has 5 heteroatoms. The lowest BCUT2D eigenvalue weighted by Crippen LogP contribution is -2.15. The van der Waals surface area contributed by atoms with Gasteiger partial charge in [0.15, 0.2) is 5.65 Å². The highest BCUT2D eigenvalue weighted by Gasteiger charge is 2.24. The molecule has 5 nitrogen and oxygen atoms in total. The summed E-state index contributed by atoms with van der Waals surface area (Å²) in [6.45, 7) is 5.14. The zero-order valence-corrected chi connectivity index (χ0v) is 14.8. The van der Waals surface area contributed by atoms with Crippen LogP contribution in [-0.2, 0) is 6.42 Å². The first kappa shape index (κ1) is 15.1. The van der Waals surface area contributed by atoms with Gasteiger partial charge in [-0.05, 0) is 43.5 Å². The molecule has 0 radical (unpaired) electrons. The number of fused-ring (bicyclic) bond motifs is 2. The molecule has 0 unspecified atom stereocenters. The van der Waals surface area contributed by atoms with Crippen molar-refractivity contribution in [3.05, 3.63) is 71.7 Å². The predicted molar refractivity (Wildman–Crippen MR) is 103 cm³/mol. The molecule has 3 heterocycles. The maximum Gasteiger partial charge on any atom is 0.168 e. The van der Waals surface area contributed by atoms with E-state index >= 15 is 0 Å². The SMILES string of the molecule is Cc1ccc(-n2ncc3c(N4CCc5ccccc54)ncnc32)c(C)c1. The molecule has 0 saturated heterocycles. The number of rotatable bonds is 2. The largest absolute Gasteiger partial charge is 0.325 e. The summed E-state index contributed by atoms with van der Waals surface area (Å²) in [5.41, 5.74) is 6.91. The molecule has 5 rings (SSSR count). The predicted octanol–water partition coefficient (Wildman–Crippen LogP) is 4.13. The minimum absolute atomic E-state index is 0.839. The summed E-state index contributed by atoms with van der Waals surface area (Å²) in [5.74, 6) is 0.927. The van der Waals surface area contributed by atoms with Gasteiger partial charge in [-0.25, -0.2) is 14.6 Å². The fourth-order valence-corrected chi connectivity index (χ4v) is 3.82. The van der Waals surface area contributed by atoms with Crippen molar-refractivity contribution < 1.29 is 0 Å². The van der Waals surface area contributed by atoms with E-state index in [1.165, 1.54) is 22.4 Å². The van der Waals surface area contributed by atoms with Crippen LogP contribution in [0.15, 0.2) is 55.0 Å². The van der Waals surface area contributed by atoms with E-state index in [1.54, 1.807) is 6.33 Å². The van der Waals surface area contributed by atoms with E-state index in [1.807, 2.05) is 10.9 Å². The van der Waals surface area contributed by atoms with Gasteiger partial charge in [0, 0.05) is 12.2 Å². The molecule has 128 valence electrons. The zero-order valence-electron chi connectivity index (χ0n) is 14.8. The Morgan fingerprint density at radius 3 is 2.73 bits per heavy atom. The van der Waals surface area contributed by atoms with E-state index < -0.39 is 0 Å². The standard InChI is InChI=1S/C21H19N5/c1-14-7-8-18(15(2)11-14)26-21-17(12-24-26)20(22-13-23-21)25-10-9-16-5-3-4-6-19(16)25/h3-8,11-13H,9-10H2,1-2H3. The maximum atomic E-state index is 4.63. The van der Waals surface area contributed by atoms with Crippen molar-refractivity contribution in [2.75, 3.05) is 11.4 Å². The number of nitrogens with zero attached hydrogens (tertiary/aromatic N) is 5. The summed E-state index contributed by atoms with van der Waals surface area (Å²) in [6, 6.07) is 14.9. The third-order valence-electron chi connectivity index (χ3n) is 5.07. The summed E-state index contributed by atoms with van der Waals surface area (Å²) >= 11 is 0. The fraction of sp³-hybridized carbons (Fsp3) is 0.190. The van der Waals surface area contributed by atoms with E-state index in [0.29, 0.717) is 0 Å². The van der Waals surface area contributed by atoms with Crippen LogP contribution in [0.2, 0.25) is 0 Å². The van der Waals surface area contributed by atoms with Crippen LogP contribution in [0.3, 0.4) is 0 Å². The molecule has 0 spiro atoms. The molecule has 0 amide bonds. The van der Waals surface area contributed by atoms with Gasteiger partial charge in [-0.2, -0.15) is 5.10 Å². The Kier molecular flexibility index (Phi) is 3.28. The van der Waals surface area contributed by atoms with Gasteiger partial charge in [-0.1, -0.05) is 35.9 Å². The lowest BCUT2D eigenvalue weighted by atomic mass is 10.1. The molecule has 1 aliphatic heterocycles. The van der Waals surface area contributed by atoms with E-state index in [-0.39, 0.29) is 0 Å². The lowest BCUT2D eigenvalue weighted by molar-refractivity contribution is 0.885. The average Bonchev–Trinajstić information content (AvgIpc) is 3.26. The average molecular weight is 341 g/mol. The molecule has 4 aromatic rings. The minimum atomic E-state index is 0.839. The Balaban J connectivity index is 1.67. The van der Waals surface area contributed by atoms with Gasteiger partial charge >= 0.3 is 0 Å². The van der Waals surface area contributed by atoms with Crippen LogP contribution < -0.4 is 4.90 Å². The number of aromatic nitrogens is 4. The Morgan fingerprint density at radius 2 is 1.85 bits per heavy atom. The van der Waals surface area contributed by atoms with Crippen molar-refractivity contribution in [1.29, 1.82) is 0 Å². The van der Waals surface area contributed by atoms with E-state index in [9.17, 15) is 0 Å². The van der Waals surface area contributed by atoms with Crippen LogP contribution in [0, 0.1) is 13.8 Å². The normalized spacial score (nSPS) is 13.4. The molecule has 1 aliphatic rings. The first-order chi connectivity index (χ1) is 12.7. The van der Waals surface area contributed by atoms with Crippen LogP contribution in [0.25, 0.3) is 16.7 Å². The van der Waals surface area contributed by atoms with Crippen LogP contribution in [0.4, 0.5) is 11.5 Å². The number of benzene rings is 2. The van der Waals surface area contributed by atoms with Gasteiger partial charge in [0.05, 0.1) is 17.3 Å². The third-order valence-corrected chi connectivity index (χ3v) is 5.07. The molecular weight excluding hydrogens is 322 g/mol. The van der Waals surface area contributed by atoms with Crippen molar-refractivity contribution in [1.82, 2.24) is 19.7 Å². The molecule has 0 aliphatic carbocycles. The van der Waals surface area contributed by atoms with Gasteiger partial charge in [-0.15, -0.1) is 0 Å². The third kappa shape index (κ3) is 2.20. The van der Waals surface area contributed by atoms with Crippen molar-refractivity contribution >= 4 is 22.5 Å². The van der Waals surface area contributed by atoms with Gasteiger partial charge in [0.2, 0.25) is 0 Å². The van der Waals surface area contributed by atoms with Gasteiger partial charge < -0.3 is 4.90 Å². The van der Waals surface area contributed by atoms with E-state index in [4.69, 9.17) is 0 Å². The number of aryl methyl sites for hydroxylation is 2. The van der Waals surface area contributed by atoms with Crippen molar-refractivity contribution in [3.8, 4) is 5.69 Å². The van der Waals surface area contributed by atoms with E-state index in [2.05, 4.69) is 76.3 Å². The summed E-state index contributed by atoms with van der Waals surface area (Å²) in [5, 5.41) is 5.61. The number of para-hydroxylation sites is 1. The smallest absolute Gasteiger partial charge is 0.168 e. The van der Waals surface area contributed by atoms with Gasteiger partial charge in [0.25, 0.3) is 0 Å². The van der Waals surface area contributed by atoms with Crippen LogP contribution in [0.1, 0.15) is 16.7 Å². The quantitative estimate of drug-likeness (QED) is 0.550. The molecule has 2 aromatic carbocycles. The molecule has 26 heavy (non-hydrogen) atoms. The number of hydrogen-bond donors (Lipinski definition) is 0. The van der Waals surface area contributed by atoms with E-state index in [0.717, 1.165) is 35.5 Å². The number of hydrogen-bond acceptors (Lipinski definition) is 4. The fourth-order valence-electron chi connectivity index (χ4n) is 3.82. The first-order valence-corrected chi connectivity index (χ1v) is 8.84. The summed E-state index contributed by atoms with van der Waals surface area (Å²) in [7, 11) is 0. The number of anilines is 2. The van der Waals surface area contributed by atoms with Crippen molar-refractivity contribution in [2.45, 2.75) is 20.3 Å². The second-order valence-electron chi connectivity index (χ2n) is 6.81. The van der Waals surface area contributed by atoms with Crippen molar-refractivity contribution in [3.63, 3.8) is 0 Å².